The summed E-state index contributed by atoms with van der Waals surface area (Å²) in [6, 6.07) is 7.01. The van der Waals surface area contributed by atoms with Gasteiger partial charge in [-0.05, 0) is 57.5 Å². The number of benzene rings is 1. The molecule has 0 N–H and O–H groups in total. The van der Waals surface area contributed by atoms with Crippen molar-refractivity contribution in [1.82, 2.24) is 4.90 Å². The number of ether oxygens (including phenoxy) is 2. The van der Waals surface area contributed by atoms with Crippen molar-refractivity contribution >= 4 is 0 Å². The first-order chi connectivity index (χ1) is 10.1. The average molecular weight is 287 g/mol. The quantitative estimate of drug-likeness (QED) is 0.795. The van der Waals surface area contributed by atoms with E-state index in [1.807, 2.05) is 6.07 Å². The molecule has 1 aromatic rings. The summed E-state index contributed by atoms with van der Waals surface area (Å²) in [5.74, 6) is 1.63. The molecule has 1 saturated heterocycles. The lowest BCUT2D eigenvalue weighted by molar-refractivity contribution is 0.245. The highest BCUT2D eigenvalue weighted by molar-refractivity contribution is 5.49. The molecule has 1 aromatic carbocycles. The molecule has 3 nitrogen and oxygen atoms in total. The summed E-state index contributed by atoms with van der Waals surface area (Å²) in [6.07, 6.45) is 6.14. The fourth-order valence-corrected chi connectivity index (χ4v) is 4.15. The molecule has 1 aliphatic carbocycles. The van der Waals surface area contributed by atoms with E-state index in [1.54, 1.807) is 14.2 Å². The van der Waals surface area contributed by atoms with Gasteiger partial charge in [-0.3, -0.25) is 0 Å². The van der Waals surface area contributed by atoms with E-state index in [1.165, 1.54) is 30.4 Å². The lowest BCUT2D eigenvalue weighted by Crippen LogP contribution is -2.42. The number of nitrogens with zero attached hydrogens (tertiary/aromatic N) is 1. The van der Waals surface area contributed by atoms with Crippen LogP contribution >= 0.6 is 0 Å². The molecular weight excluding hydrogens is 262 g/mol. The summed E-state index contributed by atoms with van der Waals surface area (Å²) >= 11 is 0. The van der Waals surface area contributed by atoms with E-state index < -0.39 is 0 Å². The van der Waals surface area contributed by atoms with Crippen molar-refractivity contribution in [3.63, 3.8) is 0 Å². The van der Waals surface area contributed by atoms with Crippen LogP contribution in [0.25, 0.3) is 0 Å². The predicted octanol–water partition coefficient (Wildman–Crippen LogP) is 3.39. The van der Waals surface area contributed by atoms with Gasteiger partial charge >= 0.3 is 0 Å². The van der Waals surface area contributed by atoms with Gasteiger partial charge < -0.3 is 14.4 Å². The SMILES string of the molecule is COc1ccc([C@@]23C=C(C)CCC2N(C)CC3)cc1OC. The van der Waals surface area contributed by atoms with Gasteiger partial charge in [0, 0.05) is 11.5 Å². The van der Waals surface area contributed by atoms with Gasteiger partial charge in [-0.1, -0.05) is 17.7 Å². The fourth-order valence-electron chi connectivity index (χ4n) is 4.15. The maximum Gasteiger partial charge on any atom is 0.161 e. The number of hydrogen-bond donors (Lipinski definition) is 0. The van der Waals surface area contributed by atoms with Crippen LogP contribution in [-0.4, -0.2) is 38.8 Å². The Morgan fingerprint density at radius 1 is 1.19 bits per heavy atom. The number of rotatable bonds is 3. The van der Waals surface area contributed by atoms with Gasteiger partial charge in [0.2, 0.25) is 0 Å². The van der Waals surface area contributed by atoms with Gasteiger partial charge in [0.25, 0.3) is 0 Å². The lowest BCUT2D eigenvalue weighted by atomic mass is 9.68. The second-order valence-electron chi connectivity index (χ2n) is 6.39. The number of likely N-dealkylation sites (N-methyl/N-ethyl adjacent to an activating group) is 1. The molecule has 1 aliphatic heterocycles. The molecule has 2 atom stereocenters. The van der Waals surface area contributed by atoms with Gasteiger partial charge in [0.15, 0.2) is 11.5 Å². The van der Waals surface area contributed by atoms with Gasteiger partial charge in [-0.2, -0.15) is 0 Å². The van der Waals surface area contributed by atoms with Crippen LogP contribution < -0.4 is 9.47 Å². The molecule has 0 saturated carbocycles. The highest BCUT2D eigenvalue weighted by atomic mass is 16.5. The smallest absolute Gasteiger partial charge is 0.161 e. The number of hydrogen-bond acceptors (Lipinski definition) is 3. The molecule has 0 spiro atoms. The van der Waals surface area contributed by atoms with Crippen LogP contribution in [0.1, 0.15) is 31.7 Å². The van der Waals surface area contributed by atoms with Crippen molar-refractivity contribution < 1.29 is 9.47 Å². The Hall–Kier alpha value is -1.48. The van der Waals surface area contributed by atoms with E-state index in [0.717, 1.165) is 18.0 Å². The lowest BCUT2D eigenvalue weighted by Gasteiger charge is -2.39. The summed E-state index contributed by atoms with van der Waals surface area (Å²) in [4.78, 5) is 2.51. The van der Waals surface area contributed by atoms with Crippen LogP contribution in [0.5, 0.6) is 11.5 Å². The van der Waals surface area contributed by atoms with Gasteiger partial charge in [-0.15, -0.1) is 0 Å². The Morgan fingerprint density at radius 3 is 2.67 bits per heavy atom. The minimum Gasteiger partial charge on any atom is -0.493 e. The van der Waals surface area contributed by atoms with Gasteiger partial charge in [-0.25, -0.2) is 0 Å². The van der Waals surface area contributed by atoms with E-state index in [9.17, 15) is 0 Å². The second kappa shape index (κ2) is 5.38. The standard InChI is InChI=1S/C18H25NO2/c1-13-5-8-17-18(12-13,9-10-19(17)2)14-6-7-15(20-3)16(11-14)21-4/h6-7,11-12,17H,5,8-10H2,1-4H3/t17?,18-/m1/s1. The van der Waals surface area contributed by atoms with Crippen molar-refractivity contribution in [2.75, 3.05) is 27.8 Å². The molecule has 0 amide bonds. The Kier molecular flexibility index (Phi) is 3.70. The highest BCUT2D eigenvalue weighted by Gasteiger charge is 2.47. The molecule has 1 fully saturated rings. The third-order valence-electron chi connectivity index (χ3n) is 5.24. The first kappa shape index (κ1) is 14.5. The average Bonchev–Trinajstić information content (AvgIpc) is 2.84. The van der Waals surface area contributed by atoms with Crippen LogP contribution in [0, 0.1) is 0 Å². The number of likely N-dealkylation sites (tertiary alicyclic amines) is 1. The topological polar surface area (TPSA) is 21.7 Å². The van der Waals surface area contributed by atoms with E-state index in [0.29, 0.717) is 6.04 Å². The maximum atomic E-state index is 5.51. The molecule has 0 bridgehead atoms. The Morgan fingerprint density at radius 2 is 1.95 bits per heavy atom. The van der Waals surface area contributed by atoms with Crippen LogP contribution in [0.2, 0.25) is 0 Å². The molecule has 3 rings (SSSR count). The van der Waals surface area contributed by atoms with Gasteiger partial charge in [0.05, 0.1) is 14.2 Å². The maximum absolute atomic E-state index is 5.51. The van der Waals surface area contributed by atoms with Crippen molar-refractivity contribution in [2.45, 2.75) is 37.6 Å². The van der Waals surface area contributed by atoms with Crippen LogP contribution in [-0.2, 0) is 5.41 Å². The van der Waals surface area contributed by atoms with E-state index in [2.05, 4.69) is 37.1 Å². The zero-order valence-corrected chi connectivity index (χ0v) is 13.5. The monoisotopic (exact) mass is 287 g/mol. The normalized spacial score (nSPS) is 29.0. The number of allylic oxidation sites excluding steroid dienone is 1. The Bertz CT molecular complexity index is 566. The summed E-state index contributed by atoms with van der Waals surface area (Å²) in [7, 11) is 5.65. The summed E-state index contributed by atoms with van der Waals surface area (Å²) in [5, 5.41) is 0. The van der Waals surface area contributed by atoms with Crippen LogP contribution in [0.3, 0.4) is 0 Å². The summed E-state index contributed by atoms with van der Waals surface area (Å²) < 4.78 is 10.9. The Balaban J connectivity index is 2.10. The molecule has 21 heavy (non-hydrogen) atoms. The summed E-state index contributed by atoms with van der Waals surface area (Å²) in [5.41, 5.74) is 3.00. The first-order valence-corrected chi connectivity index (χ1v) is 7.72. The molecule has 114 valence electrons. The molecule has 2 aliphatic rings. The van der Waals surface area contributed by atoms with Crippen molar-refractivity contribution in [2.24, 2.45) is 0 Å². The third kappa shape index (κ3) is 2.24. The van der Waals surface area contributed by atoms with Crippen molar-refractivity contribution in [3.05, 3.63) is 35.4 Å². The molecule has 0 radical (unpaired) electrons. The predicted molar refractivity (Wildman–Crippen MR) is 85.3 cm³/mol. The molecule has 1 unspecified atom stereocenters. The van der Waals surface area contributed by atoms with Crippen molar-refractivity contribution in [3.8, 4) is 11.5 Å². The minimum atomic E-state index is 0.136. The molecule has 3 heteroatoms. The van der Waals surface area contributed by atoms with E-state index in [4.69, 9.17) is 9.47 Å². The first-order valence-electron chi connectivity index (χ1n) is 7.72. The third-order valence-corrected chi connectivity index (χ3v) is 5.24. The second-order valence-corrected chi connectivity index (χ2v) is 6.39. The zero-order valence-electron chi connectivity index (χ0n) is 13.5. The van der Waals surface area contributed by atoms with Crippen molar-refractivity contribution in [1.29, 1.82) is 0 Å². The van der Waals surface area contributed by atoms with E-state index >= 15 is 0 Å². The minimum absolute atomic E-state index is 0.136. The van der Waals surface area contributed by atoms with Gasteiger partial charge in [0.1, 0.15) is 0 Å². The summed E-state index contributed by atoms with van der Waals surface area (Å²) in [6.45, 7) is 3.42. The largest absolute Gasteiger partial charge is 0.493 e. The zero-order chi connectivity index (χ0) is 15.0. The Labute approximate surface area is 127 Å². The number of methoxy groups -OCH3 is 2. The molecule has 1 heterocycles. The van der Waals surface area contributed by atoms with Crippen LogP contribution in [0.4, 0.5) is 0 Å². The van der Waals surface area contributed by atoms with E-state index in [-0.39, 0.29) is 5.41 Å². The highest BCUT2D eigenvalue weighted by Crippen LogP contribution is 2.48. The fraction of sp³-hybridized carbons (Fsp3) is 0.556. The van der Waals surface area contributed by atoms with Crippen LogP contribution in [0.15, 0.2) is 29.8 Å². The molecular formula is C18H25NO2. The number of fused-ring (bicyclic) bond motifs is 1. The molecule has 0 aromatic heterocycles.